The van der Waals surface area contributed by atoms with Crippen molar-refractivity contribution in [1.82, 2.24) is 0 Å². The van der Waals surface area contributed by atoms with Crippen molar-refractivity contribution >= 4 is 11.8 Å². The van der Waals surface area contributed by atoms with Crippen molar-refractivity contribution in [3.8, 4) is 0 Å². The number of esters is 1. The molecular formula is C29H44O6. The quantitative estimate of drug-likeness (QED) is 0.547. The molecule has 6 nitrogen and oxygen atoms in total. The van der Waals surface area contributed by atoms with Crippen molar-refractivity contribution in [2.45, 2.75) is 110 Å². The Morgan fingerprint density at radius 1 is 1.09 bits per heavy atom. The third kappa shape index (κ3) is 3.38. The van der Waals surface area contributed by atoms with Crippen LogP contribution in [0.5, 0.6) is 0 Å². The minimum Gasteiger partial charge on any atom is -0.460 e. The third-order valence-electron chi connectivity index (χ3n) is 12.0. The highest BCUT2D eigenvalue weighted by atomic mass is 16.7. The molecule has 196 valence electrons. The van der Waals surface area contributed by atoms with Crippen LogP contribution in [0.3, 0.4) is 0 Å². The summed E-state index contributed by atoms with van der Waals surface area (Å²) in [5.41, 5.74) is -0.0667. The number of carbonyl (C=O) groups excluding carboxylic acids is 2. The fraction of sp³-hybridized carbons (Fsp3) is 0.931. The van der Waals surface area contributed by atoms with Crippen LogP contribution in [0.15, 0.2) is 0 Å². The fourth-order valence-electron chi connectivity index (χ4n) is 10.4. The molecule has 2 aliphatic heterocycles. The van der Waals surface area contributed by atoms with Crippen LogP contribution in [0.1, 0.15) is 86.0 Å². The zero-order chi connectivity index (χ0) is 24.9. The van der Waals surface area contributed by atoms with E-state index in [1.807, 2.05) is 0 Å². The van der Waals surface area contributed by atoms with Gasteiger partial charge in [0.05, 0.1) is 18.8 Å². The first-order chi connectivity index (χ1) is 16.5. The van der Waals surface area contributed by atoms with E-state index in [1.54, 1.807) is 0 Å². The molecule has 0 radical (unpaired) electrons. The third-order valence-corrected chi connectivity index (χ3v) is 12.0. The molecule has 6 heteroatoms. The Hall–Kier alpha value is -0.980. The molecule has 1 spiro atoms. The zero-order valence-electron chi connectivity index (χ0n) is 22.1. The van der Waals surface area contributed by atoms with Crippen LogP contribution in [0.25, 0.3) is 0 Å². The van der Waals surface area contributed by atoms with Gasteiger partial charge in [-0.1, -0.05) is 27.7 Å². The highest BCUT2D eigenvalue weighted by molar-refractivity contribution is 5.83. The Labute approximate surface area is 209 Å². The number of aliphatic hydroxyl groups is 1. The van der Waals surface area contributed by atoms with Crippen LogP contribution < -0.4 is 0 Å². The number of ketones is 1. The molecule has 6 aliphatic rings. The molecule has 0 amide bonds. The molecule has 35 heavy (non-hydrogen) atoms. The van der Waals surface area contributed by atoms with Gasteiger partial charge in [-0.15, -0.1) is 0 Å². The summed E-state index contributed by atoms with van der Waals surface area (Å²) in [6.45, 7) is 11.5. The van der Waals surface area contributed by atoms with Crippen LogP contribution in [0.4, 0.5) is 0 Å². The van der Waals surface area contributed by atoms with Gasteiger partial charge in [0, 0.05) is 31.6 Å². The van der Waals surface area contributed by atoms with Crippen molar-refractivity contribution in [2.75, 3.05) is 6.61 Å². The number of rotatable bonds is 1. The van der Waals surface area contributed by atoms with Gasteiger partial charge < -0.3 is 19.3 Å². The van der Waals surface area contributed by atoms with Crippen molar-refractivity contribution in [3.05, 3.63) is 0 Å². The first kappa shape index (κ1) is 24.4. The number of aliphatic hydroxyl groups excluding tert-OH is 1. The molecule has 6 fully saturated rings. The Bertz CT molecular complexity index is 894. The van der Waals surface area contributed by atoms with Gasteiger partial charge in [-0.05, 0) is 78.9 Å². The van der Waals surface area contributed by atoms with Crippen molar-refractivity contribution < 1.29 is 28.9 Å². The zero-order valence-corrected chi connectivity index (χ0v) is 22.1. The monoisotopic (exact) mass is 488 g/mol. The molecule has 2 saturated heterocycles. The van der Waals surface area contributed by atoms with Crippen LogP contribution in [0, 0.1) is 52.3 Å². The molecule has 6 rings (SSSR count). The number of Topliss-reactive ketones (excluding diaryl/α,β-unsaturated/α-hetero) is 1. The lowest BCUT2D eigenvalue weighted by Crippen LogP contribution is -2.60. The minimum absolute atomic E-state index is 0.133. The van der Waals surface area contributed by atoms with Gasteiger partial charge in [0.1, 0.15) is 11.9 Å². The molecule has 4 saturated carbocycles. The predicted octanol–water partition coefficient (Wildman–Crippen LogP) is 4.51. The lowest BCUT2D eigenvalue weighted by atomic mass is 9.43. The highest BCUT2D eigenvalue weighted by Crippen LogP contribution is 2.71. The second-order valence-corrected chi connectivity index (χ2v) is 13.8. The highest BCUT2D eigenvalue weighted by Gasteiger charge is 2.70. The van der Waals surface area contributed by atoms with Crippen molar-refractivity contribution in [2.24, 2.45) is 52.3 Å². The summed E-state index contributed by atoms with van der Waals surface area (Å²) >= 11 is 0. The van der Waals surface area contributed by atoms with Crippen LogP contribution >= 0.6 is 0 Å². The maximum atomic E-state index is 13.6. The van der Waals surface area contributed by atoms with Gasteiger partial charge >= 0.3 is 5.97 Å². The molecule has 0 bridgehead atoms. The van der Waals surface area contributed by atoms with Gasteiger partial charge in [0.2, 0.25) is 0 Å². The molecule has 4 aliphatic carbocycles. The fourth-order valence-corrected chi connectivity index (χ4v) is 10.4. The number of hydrogen-bond acceptors (Lipinski definition) is 6. The summed E-state index contributed by atoms with van der Waals surface area (Å²) in [5, 5.41) is 10.7. The Balaban J connectivity index is 1.27. The van der Waals surface area contributed by atoms with Crippen molar-refractivity contribution in [3.63, 3.8) is 0 Å². The van der Waals surface area contributed by atoms with Crippen molar-refractivity contribution in [1.29, 1.82) is 0 Å². The average Bonchev–Trinajstić information content (AvgIpc) is 3.23. The van der Waals surface area contributed by atoms with Gasteiger partial charge in [-0.3, -0.25) is 9.59 Å². The van der Waals surface area contributed by atoms with E-state index in [0.29, 0.717) is 60.6 Å². The maximum absolute atomic E-state index is 13.6. The Morgan fingerprint density at radius 3 is 2.54 bits per heavy atom. The van der Waals surface area contributed by atoms with E-state index in [-0.39, 0.29) is 28.8 Å². The van der Waals surface area contributed by atoms with Crippen LogP contribution in [-0.2, 0) is 23.8 Å². The van der Waals surface area contributed by atoms with Crippen LogP contribution in [0.2, 0.25) is 0 Å². The maximum Gasteiger partial charge on any atom is 0.302 e. The molecule has 0 unspecified atom stereocenters. The predicted molar refractivity (Wildman–Crippen MR) is 129 cm³/mol. The summed E-state index contributed by atoms with van der Waals surface area (Å²) in [4.78, 5) is 25.3. The first-order valence-corrected chi connectivity index (χ1v) is 14.2. The van der Waals surface area contributed by atoms with Crippen LogP contribution in [-0.4, -0.2) is 47.6 Å². The van der Waals surface area contributed by atoms with E-state index in [9.17, 15) is 14.7 Å². The lowest BCUT2D eigenvalue weighted by molar-refractivity contribution is -0.273. The SMILES string of the molecule is CC(=O)O[C@H]1C[C@@]2(C)[C@H](C[C@H]1O)C(=O)C[C@@H]1[C@@H]2CC[C@]2(C)[C@@H]3[C@H](C[C@@H]12)O[C@]1(CC[C@@H](C)CO1)[C@H]3C. The van der Waals surface area contributed by atoms with E-state index in [4.69, 9.17) is 14.2 Å². The largest absolute Gasteiger partial charge is 0.460 e. The Kier molecular flexibility index (Phi) is 5.57. The van der Waals surface area contributed by atoms with E-state index in [0.717, 1.165) is 38.7 Å². The second kappa shape index (κ2) is 8.01. The normalized spacial score (nSPS) is 57.3. The van der Waals surface area contributed by atoms with E-state index in [1.165, 1.54) is 6.92 Å². The number of carbonyl (C=O) groups is 2. The Morgan fingerprint density at radius 2 is 1.86 bits per heavy atom. The standard InChI is InChI=1S/C29H44O6/c1-15-6-9-29(33-14-15)16(2)26-24(35-29)12-20-18-10-22(31)21-11-23(32)25(34-17(3)30)13-28(21,5)19(18)7-8-27(20,26)4/h15-16,18-21,23-26,32H,6-14H2,1-5H3/t15-,16+,18-,19+,20+,21-,23-,24+,25+,26+,27+,28-,29-/m1/s1. The molecule has 0 aromatic heterocycles. The van der Waals surface area contributed by atoms with E-state index < -0.39 is 18.0 Å². The summed E-state index contributed by atoms with van der Waals surface area (Å²) in [7, 11) is 0. The summed E-state index contributed by atoms with van der Waals surface area (Å²) < 4.78 is 18.8. The lowest BCUT2D eigenvalue weighted by Gasteiger charge is -2.61. The summed E-state index contributed by atoms with van der Waals surface area (Å²) in [6, 6.07) is 0. The summed E-state index contributed by atoms with van der Waals surface area (Å²) in [6.07, 6.45) is 6.03. The second-order valence-electron chi connectivity index (χ2n) is 13.8. The molecule has 2 heterocycles. The molecular weight excluding hydrogens is 444 g/mol. The summed E-state index contributed by atoms with van der Waals surface area (Å²) in [5.74, 6) is 2.09. The topological polar surface area (TPSA) is 82.1 Å². The van der Waals surface area contributed by atoms with Gasteiger partial charge in [-0.25, -0.2) is 0 Å². The number of fused-ring (bicyclic) bond motifs is 7. The smallest absolute Gasteiger partial charge is 0.302 e. The molecule has 13 atom stereocenters. The first-order valence-electron chi connectivity index (χ1n) is 14.2. The molecule has 1 N–H and O–H groups in total. The molecule has 0 aromatic carbocycles. The van der Waals surface area contributed by atoms with Gasteiger partial charge in [0.25, 0.3) is 0 Å². The molecule has 0 aromatic rings. The minimum atomic E-state index is -0.749. The number of hydrogen-bond donors (Lipinski definition) is 1. The van der Waals surface area contributed by atoms with E-state index >= 15 is 0 Å². The average molecular weight is 489 g/mol. The number of ether oxygens (including phenoxy) is 3. The van der Waals surface area contributed by atoms with Gasteiger partial charge in [-0.2, -0.15) is 0 Å². The van der Waals surface area contributed by atoms with Gasteiger partial charge in [0.15, 0.2) is 5.79 Å². The van der Waals surface area contributed by atoms with E-state index in [2.05, 4.69) is 27.7 Å².